The molecule has 0 aliphatic carbocycles. The summed E-state index contributed by atoms with van der Waals surface area (Å²) in [5.74, 6) is 0.548. The van der Waals surface area contributed by atoms with Crippen LogP contribution < -0.4 is 0 Å². The second kappa shape index (κ2) is 5.42. The van der Waals surface area contributed by atoms with Crippen molar-refractivity contribution >= 4 is 10.4 Å². The first kappa shape index (κ1) is 13.9. The normalized spacial score (nSPS) is 36.2. The highest BCUT2D eigenvalue weighted by Gasteiger charge is 2.33. The van der Waals surface area contributed by atoms with Crippen LogP contribution in [0.2, 0.25) is 0 Å². The van der Waals surface area contributed by atoms with Crippen molar-refractivity contribution in [1.82, 2.24) is 0 Å². The standard InChI is InChI=1S/C9H18O6S/c1-6-4-8(5-14-16(10,11)12)15-9(13-3)7(6)2/h6-9H,4-5H2,1-3H3,(H,10,11,12)/p-1/t6?,7?,8?,9-/m0/s1. The summed E-state index contributed by atoms with van der Waals surface area (Å²) >= 11 is 0. The molecule has 0 saturated carbocycles. The van der Waals surface area contributed by atoms with Crippen LogP contribution in [-0.4, -0.2) is 39.1 Å². The topological polar surface area (TPSA) is 84.9 Å². The van der Waals surface area contributed by atoms with E-state index in [1.165, 1.54) is 7.11 Å². The maximum Gasteiger partial charge on any atom is 0.217 e. The van der Waals surface area contributed by atoms with Crippen LogP contribution >= 0.6 is 0 Å². The Balaban J connectivity index is 2.51. The van der Waals surface area contributed by atoms with E-state index in [1.54, 1.807) is 0 Å². The Hall–Kier alpha value is -0.210. The summed E-state index contributed by atoms with van der Waals surface area (Å²) in [6.07, 6.45) is -0.150. The summed E-state index contributed by atoms with van der Waals surface area (Å²) in [5.41, 5.74) is 0. The fourth-order valence-electron chi connectivity index (χ4n) is 1.80. The first-order valence-corrected chi connectivity index (χ1v) is 6.45. The molecule has 4 atom stereocenters. The molecule has 96 valence electrons. The van der Waals surface area contributed by atoms with Gasteiger partial charge < -0.3 is 14.0 Å². The van der Waals surface area contributed by atoms with Crippen molar-refractivity contribution in [2.24, 2.45) is 11.8 Å². The zero-order chi connectivity index (χ0) is 12.3. The molecule has 0 aromatic heterocycles. The van der Waals surface area contributed by atoms with Crippen molar-refractivity contribution in [1.29, 1.82) is 0 Å². The molecule has 0 aromatic carbocycles. The number of hydrogen-bond acceptors (Lipinski definition) is 6. The lowest BCUT2D eigenvalue weighted by Crippen LogP contribution is -2.42. The van der Waals surface area contributed by atoms with E-state index < -0.39 is 16.5 Å². The molecule has 1 aliphatic rings. The minimum Gasteiger partial charge on any atom is -0.726 e. The molecule has 0 radical (unpaired) electrons. The summed E-state index contributed by atoms with van der Waals surface area (Å²) in [5, 5.41) is 0. The van der Waals surface area contributed by atoms with Crippen LogP contribution in [0.25, 0.3) is 0 Å². The van der Waals surface area contributed by atoms with Crippen molar-refractivity contribution in [3.8, 4) is 0 Å². The SMILES string of the molecule is CO[C@H]1OC(COS(=O)(=O)[O-])CC(C)C1C. The zero-order valence-corrected chi connectivity index (χ0v) is 10.4. The van der Waals surface area contributed by atoms with E-state index in [4.69, 9.17) is 9.47 Å². The zero-order valence-electron chi connectivity index (χ0n) is 9.58. The Morgan fingerprint density at radius 3 is 2.56 bits per heavy atom. The van der Waals surface area contributed by atoms with E-state index in [0.717, 1.165) is 0 Å². The van der Waals surface area contributed by atoms with Crippen molar-refractivity contribution < 1.29 is 26.6 Å². The van der Waals surface area contributed by atoms with Crippen LogP contribution in [0.5, 0.6) is 0 Å². The molecule has 1 rings (SSSR count). The quantitative estimate of drug-likeness (QED) is 0.535. The van der Waals surface area contributed by atoms with Crippen LogP contribution in [0.15, 0.2) is 0 Å². The lowest BCUT2D eigenvalue weighted by atomic mass is 9.87. The van der Waals surface area contributed by atoms with Gasteiger partial charge in [0.05, 0.1) is 12.7 Å². The van der Waals surface area contributed by atoms with Gasteiger partial charge in [-0.05, 0) is 12.3 Å². The molecule has 16 heavy (non-hydrogen) atoms. The van der Waals surface area contributed by atoms with Gasteiger partial charge in [-0.15, -0.1) is 0 Å². The van der Waals surface area contributed by atoms with E-state index in [0.29, 0.717) is 12.3 Å². The highest BCUT2D eigenvalue weighted by Crippen LogP contribution is 2.30. The molecule has 0 spiro atoms. The molecule has 0 aromatic rings. The maximum atomic E-state index is 10.3. The maximum absolute atomic E-state index is 10.3. The molecule has 1 aliphatic heterocycles. The predicted molar refractivity (Wildman–Crippen MR) is 54.3 cm³/mol. The van der Waals surface area contributed by atoms with Gasteiger partial charge in [0.1, 0.15) is 0 Å². The van der Waals surface area contributed by atoms with Gasteiger partial charge >= 0.3 is 0 Å². The summed E-state index contributed by atoms with van der Waals surface area (Å²) in [6, 6.07) is 0. The Labute approximate surface area is 95.8 Å². The molecule has 6 nitrogen and oxygen atoms in total. The van der Waals surface area contributed by atoms with Crippen LogP contribution in [0, 0.1) is 11.8 Å². The molecule has 0 bridgehead atoms. The molecular weight excluding hydrogens is 236 g/mol. The summed E-state index contributed by atoms with van der Waals surface area (Å²) in [4.78, 5) is 0. The van der Waals surface area contributed by atoms with E-state index in [-0.39, 0.29) is 18.8 Å². The molecule has 3 unspecified atom stereocenters. The van der Waals surface area contributed by atoms with E-state index in [1.807, 2.05) is 13.8 Å². The Bertz CT molecular complexity index is 314. The van der Waals surface area contributed by atoms with Crippen molar-refractivity contribution in [3.63, 3.8) is 0 Å². The van der Waals surface area contributed by atoms with Gasteiger partial charge in [-0.3, -0.25) is 4.18 Å². The number of ether oxygens (including phenoxy) is 2. The molecule has 1 heterocycles. The van der Waals surface area contributed by atoms with E-state index in [9.17, 15) is 13.0 Å². The fourth-order valence-corrected chi connectivity index (χ4v) is 2.12. The van der Waals surface area contributed by atoms with Gasteiger partial charge in [-0.2, -0.15) is 0 Å². The third-order valence-electron chi connectivity index (χ3n) is 2.92. The lowest BCUT2D eigenvalue weighted by molar-refractivity contribution is -0.224. The predicted octanol–water partition coefficient (Wildman–Crippen LogP) is 0.497. The first-order valence-electron chi connectivity index (χ1n) is 5.12. The Kier molecular flexibility index (Phi) is 4.69. The molecule has 0 N–H and O–H groups in total. The lowest BCUT2D eigenvalue weighted by Gasteiger charge is -2.38. The van der Waals surface area contributed by atoms with Crippen molar-refractivity contribution in [2.45, 2.75) is 32.7 Å². The van der Waals surface area contributed by atoms with Crippen molar-refractivity contribution in [3.05, 3.63) is 0 Å². The molecule has 7 heteroatoms. The van der Waals surface area contributed by atoms with Crippen LogP contribution in [0.3, 0.4) is 0 Å². The second-order valence-electron chi connectivity index (χ2n) is 4.13. The molecule has 0 amide bonds. The largest absolute Gasteiger partial charge is 0.726 e. The first-order chi connectivity index (χ1) is 7.33. The summed E-state index contributed by atoms with van der Waals surface area (Å²) < 4.78 is 45.7. The van der Waals surface area contributed by atoms with Gasteiger partial charge in [0, 0.05) is 13.0 Å². The van der Waals surface area contributed by atoms with Gasteiger partial charge in [0.15, 0.2) is 6.29 Å². The van der Waals surface area contributed by atoms with E-state index in [2.05, 4.69) is 4.18 Å². The highest BCUT2D eigenvalue weighted by molar-refractivity contribution is 7.80. The smallest absolute Gasteiger partial charge is 0.217 e. The average molecular weight is 253 g/mol. The molecule has 1 fully saturated rings. The van der Waals surface area contributed by atoms with Gasteiger partial charge in [0.2, 0.25) is 10.4 Å². The second-order valence-corrected chi connectivity index (χ2v) is 5.18. The van der Waals surface area contributed by atoms with Crippen LogP contribution in [-0.2, 0) is 24.1 Å². The average Bonchev–Trinajstić information content (AvgIpc) is 2.18. The molecular formula is C9H17O6S-. The monoisotopic (exact) mass is 253 g/mol. The number of rotatable bonds is 4. The number of hydrogen-bond donors (Lipinski definition) is 0. The third-order valence-corrected chi connectivity index (χ3v) is 3.34. The van der Waals surface area contributed by atoms with Crippen LogP contribution in [0.4, 0.5) is 0 Å². The van der Waals surface area contributed by atoms with Crippen LogP contribution in [0.1, 0.15) is 20.3 Å². The van der Waals surface area contributed by atoms with Gasteiger partial charge in [0.25, 0.3) is 0 Å². The van der Waals surface area contributed by atoms with Gasteiger partial charge in [-0.1, -0.05) is 13.8 Å². The van der Waals surface area contributed by atoms with Crippen molar-refractivity contribution in [2.75, 3.05) is 13.7 Å². The number of methoxy groups -OCH3 is 1. The Morgan fingerprint density at radius 1 is 1.44 bits per heavy atom. The minimum absolute atomic E-state index is 0.227. The van der Waals surface area contributed by atoms with E-state index >= 15 is 0 Å². The Morgan fingerprint density at radius 2 is 2.06 bits per heavy atom. The molecule has 1 saturated heterocycles. The summed E-state index contributed by atoms with van der Waals surface area (Å²) in [7, 11) is -3.12. The minimum atomic E-state index is -4.65. The fraction of sp³-hybridized carbons (Fsp3) is 1.00. The summed E-state index contributed by atoms with van der Waals surface area (Å²) in [6.45, 7) is 3.78. The third kappa shape index (κ3) is 3.99. The van der Waals surface area contributed by atoms with Gasteiger partial charge in [-0.25, -0.2) is 8.42 Å². The highest BCUT2D eigenvalue weighted by atomic mass is 32.3.